The van der Waals surface area contributed by atoms with Crippen LogP contribution in [0.1, 0.15) is 32.1 Å². The van der Waals surface area contributed by atoms with Crippen molar-refractivity contribution in [2.45, 2.75) is 37.6 Å². The Hall–Kier alpha value is -2.77. The van der Waals surface area contributed by atoms with Crippen LogP contribution in [-0.2, 0) is 4.79 Å². The molecule has 5 amide bonds. The van der Waals surface area contributed by atoms with Crippen LogP contribution in [0.5, 0.6) is 0 Å². The van der Waals surface area contributed by atoms with E-state index in [1.54, 1.807) is 19.0 Å². The first-order valence-corrected chi connectivity index (χ1v) is 11.1. The zero-order valence-electron chi connectivity index (χ0n) is 18.8. The van der Waals surface area contributed by atoms with E-state index in [-0.39, 0.29) is 28.9 Å². The van der Waals surface area contributed by atoms with Crippen LogP contribution in [0.15, 0.2) is 30.3 Å². The van der Waals surface area contributed by atoms with Gasteiger partial charge in [-0.3, -0.25) is 4.79 Å². The molecule has 0 aromatic heterocycles. The summed E-state index contributed by atoms with van der Waals surface area (Å²) in [6.45, 7) is 2.52. The lowest BCUT2D eigenvalue weighted by atomic mass is 9.71. The molecule has 0 unspecified atom stereocenters. The van der Waals surface area contributed by atoms with Gasteiger partial charge in [-0.1, -0.05) is 18.2 Å². The molecule has 1 aromatic rings. The van der Waals surface area contributed by atoms with E-state index >= 15 is 0 Å². The Labute approximate surface area is 184 Å². The number of nitrogens with zero attached hydrogens (tertiary/aromatic N) is 4. The molecule has 4 rings (SSSR count). The van der Waals surface area contributed by atoms with Gasteiger partial charge in [0.05, 0.1) is 5.41 Å². The lowest BCUT2D eigenvalue weighted by molar-refractivity contribution is -0.139. The van der Waals surface area contributed by atoms with Crippen molar-refractivity contribution in [3.8, 4) is 0 Å². The van der Waals surface area contributed by atoms with E-state index in [1.165, 1.54) is 0 Å². The molecule has 8 nitrogen and oxygen atoms in total. The lowest BCUT2D eigenvalue weighted by Crippen LogP contribution is -2.53. The fourth-order valence-electron chi connectivity index (χ4n) is 5.56. The highest BCUT2D eigenvalue weighted by molar-refractivity contribution is 5.90. The van der Waals surface area contributed by atoms with Gasteiger partial charge in [0.2, 0.25) is 5.91 Å². The van der Waals surface area contributed by atoms with Crippen LogP contribution in [0.2, 0.25) is 0 Å². The van der Waals surface area contributed by atoms with Gasteiger partial charge in [-0.05, 0) is 44.2 Å². The summed E-state index contributed by atoms with van der Waals surface area (Å²) in [4.78, 5) is 45.5. The molecule has 0 saturated carbocycles. The predicted octanol–water partition coefficient (Wildman–Crippen LogP) is 2.68. The molecule has 3 fully saturated rings. The fraction of sp³-hybridized carbons (Fsp3) is 0.609. The van der Waals surface area contributed by atoms with Crippen molar-refractivity contribution < 1.29 is 14.4 Å². The van der Waals surface area contributed by atoms with Gasteiger partial charge in [-0.2, -0.15) is 0 Å². The Kier molecular flexibility index (Phi) is 5.58. The van der Waals surface area contributed by atoms with Gasteiger partial charge >= 0.3 is 12.1 Å². The summed E-state index contributed by atoms with van der Waals surface area (Å²) in [5.74, 6) is 0.214. The van der Waals surface area contributed by atoms with Crippen molar-refractivity contribution >= 4 is 23.7 Å². The van der Waals surface area contributed by atoms with E-state index in [2.05, 4.69) is 5.32 Å². The summed E-state index contributed by atoms with van der Waals surface area (Å²) < 4.78 is 0. The Bertz CT molecular complexity index is 840. The maximum absolute atomic E-state index is 13.3. The number of carbonyl (C=O) groups excluding carboxylic acids is 3. The normalized spacial score (nSPS) is 22.2. The van der Waals surface area contributed by atoms with E-state index in [1.807, 2.05) is 52.1 Å². The van der Waals surface area contributed by atoms with E-state index in [0.717, 1.165) is 37.8 Å². The number of nitrogens with one attached hydrogen (secondary N) is 1. The molecule has 1 N–H and O–H groups in total. The minimum Gasteiger partial charge on any atom is -0.339 e. The highest BCUT2D eigenvalue weighted by Crippen LogP contribution is 2.52. The molecule has 3 aliphatic rings. The fourth-order valence-corrected chi connectivity index (χ4v) is 5.56. The average molecular weight is 428 g/mol. The maximum Gasteiger partial charge on any atom is 0.321 e. The lowest BCUT2D eigenvalue weighted by Gasteiger charge is -2.44. The highest BCUT2D eigenvalue weighted by atomic mass is 16.2. The number of amides is 5. The zero-order chi connectivity index (χ0) is 22.2. The molecule has 1 aromatic carbocycles. The number of urea groups is 2. The van der Waals surface area contributed by atoms with Crippen molar-refractivity contribution in [1.29, 1.82) is 0 Å². The van der Waals surface area contributed by atoms with Crippen LogP contribution in [0.25, 0.3) is 0 Å². The van der Waals surface area contributed by atoms with E-state index in [9.17, 15) is 14.4 Å². The monoisotopic (exact) mass is 427 g/mol. The van der Waals surface area contributed by atoms with Gasteiger partial charge in [0.25, 0.3) is 0 Å². The summed E-state index contributed by atoms with van der Waals surface area (Å²) in [7, 11) is 5.45. The molecule has 31 heavy (non-hydrogen) atoms. The van der Waals surface area contributed by atoms with Gasteiger partial charge in [-0.15, -0.1) is 0 Å². The second-order valence-corrected chi connectivity index (χ2v) is 9.49. The first-order valence-electron chi connectivity index (χ1n) is 11.1. The third-order valence-electron chi connectivity index (χ3n) is 7.52. The van der Waals surface area contributed by atoms with Gasteiger partial charge in [0.15, 0.2) is 0 Å². The van der Waals surface area contributed by atoms with Crippen LogP contribution < -0.4 is 5.32 Å². The topological polar surface area (TPSA) is 76.2 Å². The molecule has 0 atom stereocenters. The van der Waals surface area contributed by atoms with Crippen molar-refractivity contribution in [2.75, 3.05) is 52.6 Å². The minimum absolute atomic E-state index is 0.0149. The van der Waals surface area contributed by atoms with Gasteiger partial charge in [-0.25, -0.2) is 9.59 Å². The first kappa shape index (κ1) is 21.5. The Morgan fingerprint density at radius 1 is 0.935 bits per heavy atom. The average Bonchev–Trinajstić information content (AvgIpc) is 2.96. The van der Waals surface area contributed by atoms with E-state index in [0.29, 0.717) is 26.2 Å². The molecule has 2 spiro atoms. The third kappa shape index (κ3) is 3.83. The Morgan fingerprint density at radius 3 is 2.10 bits per heavy atom. The molecule has 0 radical (unpaired) electrons. The van der Waals surface area contributed by atoms with Crippen LogP contribution >= 0.6 is 0 Å². The third-order valence-corrected chi connectivity index (χ3v) is 7.52. The molecule has 3 heterocycles. The number of hydrogen-bond acceptors (Lipinski definition) is 3. The summed E-state index contributed by atoms with van der Waals surface area (Å²) in [5.41, 5.74) is 0.236. The van der Waals surface area contributed by atoms with Crippen LogP contribution in [0.4, 0.5) is 15.3 Å². The zero-order valence-corrected chi connectivity index (χ0v) is 18.8. The summed E-state index contributed by atoms with van der Waals surface area (Å²) in [6, 6.07) is 9.41. The maximum atomic E-state index is 13.3. The van der Waals surface area contributed by atoms with Gasteiger partial charge in [0.1, 0.15) is 0 Å². The standard InChI is InChI=1S/C23H33N5O3/c1-25(2)21(31)28-13-9-22(10-14-28)17-23(26(3)19(22)29)11-15-27(16-12-23)20(30)24-18-7-5-4-6-8-18/h4-8H,9-17H2,1-3H3,(H,24,30). The van der Waals surface area contributed by atoms with Crippen molar-refractivity contribution in [2.24, 2.45) is 5.41 Å². The SMILES string of the molecule is CN(C)C(=O)N1CCC2(CC1)CC1(CCN(C(=O)Nc3ccccc3)CC1)N(C)C2=O. The molecule has 3 saturated heterocycles. The van der Waals surface area contributed by atoms with Crippen LogP contribution in [0, 0.1) is 5.41 Å². The number of piperidine rings is 2. The number of carbonyl (C=O) groups is 3. The molecular weight excluding hydrogens is 394 g/mol. The quantitative estimate of drug-likeness (QED) is 0.749. The molecule has 0 aliphatic carbocycles. The second-order valence-electron chi connectivity index (χ2n) is 9.49. The Balaban J connectivity index is 1.38. The van der Waals surface area contributed by atoms with Crippen molar-refractivity contribution in [1.82, 2.24) is 19.6 Å². The molecular formula is C23H33N5O3. The number of anilines is 1. The van der Waals surface area contributed by atoms with Gasteiger partial charge in [0, 0.05) is 58.5 Å². The number of likely N-dealkylation sites (tertiary alicyclic amines) is 3. The predicted molar refractivity (Wildman–Crippen MR) is 119 cm³/mol. The molecule has 0 bridgehead atoms. The summed E-state index contributed by atoms with van der Waals surface area (Å²) in [6.07, 6.45) is 3.85. The first-order chi connectivity index (χ1) is 14.8. The summed E-state index contributed by atoms with van der Waals surface area (Å²) in [5, 5.41) is 2.96. The molecule has 168 valence electrons. The molecule has 3 aliphatic heterocycles. The smallest absolute Gasteiger partial charge is 0.321 e. The summed E-state index contributed by atoms with van der Waals surface area (Å²) >= 11 is 0. The Morgan fingerprint density at radius 2 is 1.52 bits per heavy atom. The number of para-hydroxylation sites is 1. The number of hydrogen-bond donors (Lipinski definition) is 1. The van der Waals surface area contributed by atoms with Gasteiger partial charge < -0.3 is 24.9 Å². The van der Waals surface area contributed by atoms with Crippen molar-refractivity contribution in [3.05, 3.63) is 30.3 Å². The number of benzene rings is 1. The highest BCUT2D eigenvalue weighted by Gasteiger charge is 2.59. The largest absolute Gasteiger partial charge is 0.339 e. The number of rotatable bonds is 1. The second kappa shape index (κ2) is 8.05. The molecule has 8 heteroatoms. The minimum atomic E-state index is -0.369. The van der Waals surface area contributed by atoms with Crippen LogP contribution in [0.3, 0.4) is 0 Å². The van der Waals surface area contributed by atoms with Crippen LogP contribution in [-0.4, -0.2) is 90.4 Å². The van der Waals surface area contributed by atoms with Crippen molar-refractivity contribution in [3.63, 3.8) is 0 Å². The van der Waals surface area contributed by atoms with E-state index < -0.39 is 0 Å². The van der Waals surface area contributed by atoms with E-state index in [4.69, 9.17) is 0 Å².